The number of sulfonamides is 1. The van der Waals surface area contributed by atoms with Gasteiger partial charge < -0.3 is 10.2 Å². The molecule has 4 aromatic rings. The molecule has 0 unspecified atom stereocenters. The van der Waals surface area contributed by atoms with Gasteiger partial charge in [-0.25, -0.2) is 8.42 Å². The first-order valence-electron chi connectivity index (χ1n) is 14.6. The summed E-state index contributed by atoms with van der Waals surface area (Å²) in [5, 5.41) is 3.82. The molecule has 4 rings (SSSR count). The molecule has 0 aliphatic rings. The first-order chi connectivity index (χ1) is 21.3. The van der Waals surface area contributed by atoms with Crippen molar-refractivity contribution in [1.82, 2.24) is 10.2 Å². The van der Waals surface area contributed by atoms with E-state index in [1.54, 1.807) is 30.3 Å². The zero-order valence-electron chi connectivity index (χ0n) is 25.7. The predicted octanol–water partition coefficient (Wildman–Crippen LogP) is 6.97. The number of rotatable bonds is 12. The first kappa shape index (κ1) is 34.0. The van der Waals surface area contributed by atoms with Crippen LogP contribution in [0.3, 0.4) is 0 Å². The topological polar surface area (TPSA) is 86.8 Å². The summed E-state index contributed by atoms with van der Waals surface area (Å²) in [6.07, 6.45) is 0.222. The summed E-state index contributed by atoms with van der Waals surface area (Å²) in [7, 11) is -4.23. The molecular formula is C35H37Cl2N3O4S. The zero-order chi connectivity index (χ0) is 32.7. The van der Waals surface area contributed by atoms with Crippen molar-refractivity contribution in [1.29, 1.82) is 0 Å². The van der Waals surface area contributed by atoms with E-state index in [2.05, 4.69) is 5.32 Å². The smallest absolute Gasteiger partial charge is 0.264 e. The minimum absolute atomic E-state index is 0.0160. The van der Waals surface area contributed by atoms with Crippen LogP contribution in [0.15, 0.2) is 102 Å². The van der Waals surface area contributed by atoms with Crippen LogP contribution in [-0.4, -0.2) is 43.8 Å². The Morgan fingerprint density at radius 2 is 1.44 bits per heavy atom. The Morgan fingerprint density at radius 3 is 2.07 bits per heavy atom. The highest BCUT2D eigenvalue weighted by Crippen LogP contribution is 2.28. The molecule has 1 atom stereocenters. The van der Waals surface area contributed by atoms with E-state index in [0.29, 0.717) is 21.3 Å². The molecule has 4 aromatic carbocycles. The molecule has 0 heterocycles. The highest BCUT2D eigenvalue weighted by Gasteiger charge is 2.35. The second-order valence-electron chi connectivity index (χ2n) is 11.3. The lowest BCUT2D eigenvalue weighted by Gasteiger charge is -2.34. The standard InChI is InChI=1S/C35H37Cl2N3O4S/c1-24(2)38-35(42)33(21-27-9-6-5-7-10-27)39(22-28-11-8-12-30(37)20-28)34(41)23-40(31-16-13-25(3)26(4)19-31)45(43,44)32-17-14-29(36)15-18-32/h5-20,24,33H,21-23H2,1-4H3,(H,38,42)/t33-/m0/s1. The van der Waals surface area contributed by atoms with Crippen molar-refractivity contribution < 1.29 is 18.0 Å². The molecule has 0 radical (unpaired) electrons. The van der Waals surface area contributed by atoms with Gasteiger partial charge in [0.2, 0.25) is 11.8 Å². The van der Waals surface area contributed by atoms with Crippen molar-refractivity contribution in [2.24, 2.45) is 0 Å². The van der Waals surface area contributed by atoms with Crippen LogP contribution < -0.4 is 9.62 Å². The van der Waals surface area contributed by atoms with Crippen LogP contribution in [0.4, 0.5) is 5.69 Å². The SMILES string of the molecule is Cc1ccc(N(CC(=O)N(Cc2cccc(Cl)c2)[C@@H](Cc2ccccc2)C(=O)NC(C)C)S(=O)(=O)c2ccc(Cl)cc2)cc1C. The summed E-state index contributed by atoms with van der Waals surface area (Å²) in [4.78, 5) is 29.7. The minimum Gasteiger partial charge on any atom is -0.352 e. The van der Waals surface area contributed by atoms with Crippen molar-refractivity contribution in [3.63, 3.8) is 0 Å². The number of halogens is 2. The molecule has 0 spiro atoms. The van der Waals surface area contributed by atoms with Gasteiger partial charge in [-0.2, -0.15) is 0 Å². The van der Waals surface area contributed by atoms with Gasteiger partial charge in [0.1, 0.15) is 12.6 Å². The first-order valence-corrected chi connectivity index (χ1v) is 16.8. The molecule has 1 N–H and O–H groups in total. The number of aryl methyl sites for hydroxylation is 2. The van der Waals surface area contributed by atoms with Crippen molar-refractivity contribution in [3.8, 4) is 0 Å². The molecule has 0 bridgehead atoms. The van der Waals surface area contributed by atoms with Gasteiger partial charge in [0.15, 0.2) is 0 Å². The monoisotopic (exact) mass is 665 g/mol. The van der Waals surface area contributed by atoms with Crippen molar-refractivity contribution in [2.75, 3.05) is 10.8 Å². The van der Waals surface area contributed by atoms with Crippen LogP contribution in [0.25, 0.3) is 0 Å². The van der Waals surface area contributed by atoms with Crippen molar-refractivity contribution in [3.05, 3.63) is 129 Å². The Balaban J connectivity index is 1.82. The maximum Gasteiger partial charge on any atom is 0.264 e. The summed E-state index contributed by atoms with van der Waals surface area (Å²) in [5.74, 6) is -0.895. The molecule has 7 nitrogen and oxygen atoms in total. The number of benzene rings is 4. The Hall–Kier alpha value is -3.85. The highest BCUT2D eigenvalue weighted by molar-refractivity contribution is 7.92. The Bertz CT molecular complexity index is 1750. The van der Waals surface area contributed by atoms with Crippen LogP contribution >= 0.6 is 23.2 Å². The Labute approximate surface area is 275 Å². The average Bonchev–Trinajstić information content (AvgIpc) is 2.99. The number of nitrogens with zero attached hydrogens (tertiary/aromatic N) is 2. The van der Waals surface area contributed by atoms with Crippen molar-refractivity contribution >= 4 is 50.7 Å². The Kier molecular flexibility index (Phi) is 11.3. The second-order valence-corrected chi connectivity index (χ2v) is 14.0. The number of hydrogen-bond acceptors (Lipinski definition) is 4. The molecule has 0 aliphatic heterocycles. The number of anilines is 1. The van der Waals surface area contributed by atoms with E-state index in [9.17, 15) is 18.0 Å². The number of amides is 2. The third kappa shape index (κ3) is 8.87. The summed E-state index contributed by atoms with van der Waals surface area (Å²) in [6, 6.07) is 26.4. The van der Waals surface area contributed by atoms with Gasteiger partial charge in [-0.15, -0.1) is 0 Å². The molecule has 0 aliphatic carbocycles. The fourth-order valence-corrected chi connectivity index (χ4v) is 6.65. The lowest BCUT2D eigenvalue weighted by molar-refractivity contribution is -0.140. The van der Waals surface area contributed by atoms with Crippen molar-refractivity contribution in [2.45, 2.75) is 57.6 Å². The third-order valence-electron chi connectivity index (χ3n) is 7.40. The molecule has 0 saturated carbocycles. The molecule has 10 heteroatoms. The van der Waals surface area contributed by atoms with Crippen LogP contribution in [0.2, 0.25) is 10.0 Å². The van der Waals surface area contributed by atoms with Gasteiger partial charge in [-0.1, -0.05) is 71.7 Å². The lowest BCUT2D eigenvalue weighted by atomic mass is 10.0. The Morgan fingerprint density at radius 1 is 0.778 bits per heavy atom. The van der Waals surface area contributed by atoms with Gasteiger partial charge in [-0.3, -0.25) is 13.9 Å². The van der Waals surface area contributed by atoms with Gasteiger partial charge in [0.05, 0.1) is 10.6 Å². The minimum atomic E-state index is -4.23. The van der Waals surface area contributed by atoms with Crippen LogP contribution in [0.5, 0.6) is 0 Å². The lowest BCUT2D eigenvalue weighted by Crippen LogP contribution is -2.54. The van der Waals surface area contributed by atoms with Gasteiger partial charge in [0, 0.05) is 29.1 Å². The van der Waals surface area contributed by atoms with E-state index in [1.807, 2.05) is 70.2 Å². The largest absolute Gasteiger partial charge is 0.352 e. The zero-order valence-corrected chi connectivity index (χ0v) is 28.0. The molecule has 45 heavy (non-hydrogen) atoms. The van der Waals surface area contributed by atoms with Crippen LogP contribution in [0, 0.1) is 13.8 Å². The normalized spacial score (nSPS) is 12.1. The van der Waals surface area contributed by atoms with E-state index >= 15 is 0 Å². The van der Waals surface area contributed by atoms with E-state index in [-0.39, 0.29) is 29.8 Å². The second kappa shape index (κ2) is 15.0. The summed E-state index contributed by atoms with van der Waals surface area (Å²) < 4.78 is 29.4. The molecule has 2 amide bonds. The summed E-state index contributed by atoms with van der Waals surface area (Å²) >= 11 is 12.4. The van der Waals surface area contributed by atoms with Gasteiger partial charge in [-0.05, 0) is 98.5 Å². The number of carbonyl (C=O) groups is 2. The van der Waals surface area contributed by atoms with E-state index in [4.69, 9.17) is 23.2 Å². The van der Waals surface area contributed by atoms with Crippen LogP contribution in [-0.2, 0) is 32.6 Å². The van der Waals surface area contributed by atoms with Crippen LogP contribution in [0.1, 0.15) is 36.1 Å². The maximum absolute atomic E-state index is 14.5. The molecule has 0 aromatic heterocycles. The fourth-order valence-electron chi connectivity index (χ4n) is 4.91. The quantitative estimate of drug-likeness (QED) is 0.177. The summed E-state index contributed by atoms with van der Waals surface area (Å²) in [5.41, 5.74) is 3.72. The average molecular weight is 667 g/mol. The fraction of sp³-hybridized carbons (Fsp3) is 0.257. The van der Waals surface area contributed by atoms with E-state index < -0.39 is 28.5 Å². The summed E-state index contributed by atoms with van der Waals surface area (Å²) in [6.45, 7) is 6.99. The third-order valence-corrected chi connectivity index (χ3v) is 9.68. The molecule has 0 fully saturated rings. The number of nitrogens with one attached hydrogen (secondary N) is 1. The van der Waals surface area contributed by atoms with E-state index in [1.165, 1.54) is 29.2 Å². The van der Waals surface area contributed by atoms with Gasteiger partial charge in [0.25, 0.3) is 10.0 Å². The maximum atomic E-state index is 14.5. The predicted molar refractivity (Wildman–Crippen MR) is 181 cm³/mol. The highest BCUT2D eigenvalue weighted by atomic mass is 35.5. The molecule has 0 saturated heterocycles. The number of hydrogen-bond donors (Lipinski definition) is 1. The molecular weight excluding hydrogens is 629 g/mol. The molecule has 236 valence electrons. The van der Waals surface area contributed by atoms with Gasteiger partial charge >= 0.3 is 0 Å². The number of carbonyl (C=O) groups excluding carboxylic acids is 2. The van der Waals surface area contributed by atoms with E-state index in [0.717, 1.165) is 21.0 Å².